The number of aromatic carboxylic acids is 1. The summed E-state index contributed by atoms with van der Waals surface area (Å²) in [6.45, 7) is 8.56. The third kappa shape index (κ3) is 5.77. The van der Waals surface area contributed by atoms with E-state index >= 15 is 0 Å². The van der Waals surface area contributed by atoms with E-state index in [0.717, 1.165) is 55.4 Å². The molecule has 1 aliphatic rings. The van der Waals surface area contributed by atoms with Crippen molar-refractivity contribution < 1.29 is 32.5 Å². The molecule has 2 aromatic carbocycles. The minimum atomic E-state index is -4.61. The lowest BCUT2D eigenvalue weighted by molar-refractivity contribution is -0.137. The largest absolute Gasteiger partial charge is 0.492 e. The predicted octanol–water partition coefficient (Wildman–Crippen LogP) is 5.70. The fraction of sp³-hybridized carbons (Fsp3) is 0.370. The van der Waals surface area contributed by atoms with E-state index in [1.807, 2.05) is 38.1 Å². The van der Waals surface area contributed by atoms with Crippen LogP contribution in [0.25, 0.3) is 27.3 Å². The number of alkyl halides is 3. The van der Waals surface area contributed by atoms with Crippen LogP contribution in [0.1, 0.15) is 40.7 Å². The maximum atomic E-state index is 13.3. The van der Waals surface area contributed by atoms with Gasteiger partial charge in [0.05, 0.1) is 30.0 Å². The molecule has 8 nitrogen and oxygen atoms in total. The fourth-order valence-corrected chi connectivity index (χ4v) is 5.51. The van der Waals surface area contributed by atoms with Gasteiger partial charge in [0.25, 0.3) is 0 Å². The molecule has 4 aromatic rings. The average molecular weight is 561 g/mol. The Hall–Kier alpha value is -3.48. The van der Waals surface area contributed by atoms with E-state index in [1.165, 1.54) is 22.1 Å². The number of rotatable bonds is 8. The van der Waals surface area contributed by atoms with Crippen molar-refractivity contribution in [1.29, 1.82) is 0 Å². The van der Waals surface area contributed by atoms with Crippen LogP contribution in [0.2, 0.25) is 0 Å². The Morgan fingerprint density at radius 2 is 1.95 bits per heavy atom. The predicted molar refractivity (Wildman–Crippen MR) is 141 cm³/mol. The van der Waals surface area contributed by atoms with Gasteiger partial charge in [-0.2, -0.15) is 18.3 Å². The van der Waals surface area contributed by atoms with Crippen molar-refractivity contribution in [2.45, 2.75) is 25.9 Å². The highest BCUT2D eigenvalue weighted by Crippen LogP contribution is 2.38. The molecule has 5 rings (SSSR count). The summed E-state index contributed by atoms with van der Waals surface area (Å²) in [5, 5.41) is 14.1. The highest BCUT2D eigenvalue weighted by molar-refractivity contribution is 7.14. The van der Waals surface area contributed by atoms with Crippen molar-refractivity contribution >= 4 is 28.2 Å². The lowest BCUT2D eigenvalue weighted by Crippen LogP contribution is -2.38. The molecule has 1 saturated heterocycles. The lowest BCUT2D eigenvalue weighted by Gasteiger charge is -2.26. The standard InChI is InChI=1S/C27H27F3N4O4S/c1-16(2)24-22(17-4-3-5-19(14-17)38-13-10-33-8-11-37-12-9-33)31-26(39-24)34-21-7-6-18(27(28,29)30)15-20(21)23(32-34)25(35)36/h3-7,14-16H,8-13H2,1-2H3,(H,35,36). The van der Waals surface area contributed by atoms with Crippen LogP contribution in [0.15, 0.2) is 42.5 Å². The molecular weight excluding hydrogens is 533 g/mol. The Morgan fingerprint density at radius 3 is 2.64 bits per heavy atom. The molecule has 0 unspecified atom stereocenters. The maximum absolute atomic E-state index is 13.3. The first-order valence-corrected chi connectivity index (χ1v) is 13.3. The molecule has 0 radical (unpaired) electrons. The van der Waals surface area contributed by atoms with Crippen molar-refractivity contribution in [3.05, 3.63) is 58.6 Å². The van der Waals surface area contributed by atoms with E-state index in [2.05, 4.69) is 10.00 Å². The number of carboxylic acid groups (broad SMARTS) is 1. The average Bonchev–Trinajstić information content (AvgIpc) is 3.51. The van der Waals surface area contributed by atoms with Crippen LogP contribution in [-0.2, 0) is 10.9 Å². The minimum Gasteiger partial charge on any atom is -0.492 e. The summed E-state index contributed by atoms with van der Waals surface area (Å²) >= 11 is 1.32. The molecule has 2 aromatic heterocycles. The molecule has 0 spiro atoms. The van der Waals surface area contributed by atoms with Gasteiger partial charge in [-0.05, 0) is 36.2 Å². The Labute approximate surface area is 226 Å². The van der Waals surface area contributed by atoms with Gasteiger partial charge in [-0.25, -0.2) is 14.5 Å². The molecule has 1 aliphatic heterocycles. The summed E-state index contributed by atoms with van der Waals surface area (Å²) < 4.78 is 52.6. The van der Waals surface area contributed by atoms with Crippen LogP contribution < -0.4 is 4.74 Å². The molecule has 39 heavy (non-hydrogen) atoms. The zero-order valence-corrected chi connectivity index (χ0v) is 22.2. The van der Waals surface area contributed by atoms with Crippen molar-refractivity contribution in [2.75, 3.05) is 39.5 Å². The molecule has 0 atom stereocenters. The summed E-state index contributed by atoms with van der Waals surface area (Å²) in [7, 11) is 0. The van der Waals surface area contributed by atoms with Crippen molar-refractivity contribution in [2.24, 2.45) is 0 Å². The number of carbonyl (C=O) groups is 1. The number of thiazole rings is 1. The Kier molecular flexibility index (Phi) is 7.61. The quantitative estimate of drug-likeness (QED) is 0.296. The summed E-state index contributed by atoms with van der Waals surface area (Å²) in [5.74, 6) is -0.641. The van der Waals surface area contributed by atoms with Crippen molar-refractivity contribution in [3.8, 4) is 22.1 Å². The molecule has 0 saturated carbocycles. The van der Waals surface area contributed by atoms with Gasteiger partial charge >= 0.3 is 12.1 Å². The second-order valence-electron chi connectivity index (χ2n) is 9.49. The minimum absolute atomic E-state index is 0.0785. The normalized spacial score (nSPS) is 14.8. The number of ether oxygens (including phenoxy) is 2. The highest BCUT2D eigenvalue weighted by atomic mass is 32.1. The topological polar surface area (TPSA) is 89.7 Å². The second-order valence-corrected chi connectivity index (χ2v) is 10.5. The highest BCUT2D eigenvalue weighted by Gasteiger charge is 2.32. The molecule has 1 N–H and O–H groups in total. The number of carboxylic acids is 1. The smallest absolute Gasteiger partial charge is 0.416 e. The van der Waals surface area contributed by atoms with E-state index in [1.54, 1.807) is 0 Å². The first-order valence-electron chi connectivity index (χ1n) is 12.5. The van der Waals surface area contributed by atoms with Gasteiger partial charge in [-0.3, -0.25) is 4.90 Å². The monoisotopic (exact) mass is 560 g/mol. The number of nitrogens with zero attached hydrogens (tertiary/aromatic N) is 4. The van der Waals surface area contributed by atoms with Crippen LogP contribution in [0, 0.1) is 0 Å². The SMILES string of the molecule is CC(C)c1sc(-n2nc(C(=O)O)c3cc(C(F)(F)F)ccc32)nc1-c1cccc(OCCN2CCOCC2)c1. The van der Waals surface area contributed by atoms with Crippen molar-refractivity contribution in [1.82, 2.24) is 19.7 Å². The molecular formula is C27H27F3N4O4S. The number of halogens is 3. The first kappa shape index (κ1) is 27.1. The van der Waals surface area contributed by atoms with Crippen LogP contribution >= 0.6 is 11.3 Å². The van der Waals surface area contributed by atoms with Gasteiger partial charge in [0.2, 0.25) is 5.13 Å². The van der Waals surface area contributed by atoms with Gasteiger partial charge in [-0.1, -0.05) is 37.3 Å². The molecule has 206 valence electrons. The summed E-state index contributed by atoms with van der Waals surface area (Å²) in [5.41, 5.74) is 0.339. The summed E-state index contributed by atoms with van der Waals surface area (Å²) in [4.78, 5) is 19.9. The molecule has 0 aliphatic carbocycles. The van der Waals surface area contributed by atoms with Crippen molar-refractivity contribution in [3.63, 3.8) is 0 Å². The van der Waals surface area contributed by atoms with Gasteiger partial charge in [0.15, 0.2) is 5.69 Å². The van der Waals surface area contributed by atoms with E-state index in [0.29, 0.717) is 23.2 Å². The zero-order valence-electron chi connectivity index (χ0n) is 21.4. The van der Waals surface area contributed by atoms with Crippen LogP contribution in [0.3, 0.4) is 0 Å². The number of hydrogen-bond donors (Lipinski definition) is 1. The molecule has 3 heterocycles. The van der Waals surface area contributed by atoms with Gasteiger partial charge in [0.1, 0.15) is 12.4 Å². The summed E-state index contributed by atoms with van der Waals surface area (Å²) in [6, 6.07) is 10.6. The Bertz CT molecular complexity index is 1490. The van der Waals surface area contributed by atoms with E-state index in [-0.39, 0.29) is 16.8 Å². The summed E-state index contributed by atoms with van der Waals surface area (Å²) in [6.07, 6.45) is -4.61. The third-order valence-corrected chi connectivity index (χ3v) is 7.78. The fourth-order valence-electron chi connectivity index (χ4n) is 4.46. The van der Waals surface area contributed by atoms with Crippen LogP contribution in [0.4, 0.5) is 13.2 Å². The number of morpholine rings is 1. The Morgan fingerprint density at radius 1 is 1.18 bits per heavy atom. The van der Waals surface area contributed by atoms with Crippen LogP contribution in [-0.4, -0.2) is 70.2 Å². The number of benzene rings is 2. The van der Waals surface area contributed by atoms with Crippen LogP contribution in [0.5, 0.6) is 5.75 Å². The molecule has 0 bridgehead atoms. The zero-order chi connectivity index (χ0) is 27.7. The van der Waals surface area contributed by atoms with Gasteiger partial charge in [0, 0.05) is 35.5 Å². The molecule has 1 fully saturated rings. The Balaban J connectivity index is 1.48. The third-order valence-electron chi connectivity index (χ3n) is 6.44. The van der Waals surface area contributed by atoms with Gasteiger partial charge in [-0.15, -0.1) is 0 Å². The maximum Gasteiger partial charge on any atom is 0.416 e. The lowest BCUT2D eigenvalue weighted by atomic mass is 10.1. The van der Waals surface area contributed by atoms with E-state index < -0.39 is 23.4 Å². The van der Waals surface area contributed by atoms with E-state index in [4.69, 9.17) is 14.5 Å². The second kappa shape index (κ2) is 10.9. The van der Waals surface area contributed by atoms with Gasteiger partial charge < -0.3 is 14.6 Å². The molecule has 0 amide bonds. The molecule has 12 heteroatoms. The first-order chi connectivity index (χ1) is 18.6. The van der Waals surface area contributed by atoms with E-state index in [9.17, 15) is 23.1 Å². The number of hydrogen-bond acceptors (Lipinski definition) is 7. The number of aromatic nitrogens is 3. The number of fused-ring (bicyclic) bond motifs is 1.